The Morgan fingerprint density at radius 1 is 1.32 bits per heavy atom. The minimum atomic E-state index is -0.278. The van der Waals surface area contributed by atoms with Gasteiger partial charge in [-0.05, 0) is 20.3 Å². The van der Waals surface area contributed by atoms with Crippen molar-refractivity contribution in [3.63, 3.8) is 0 Å². The fourth-order valence-corrected chi connectivity index (χ4v) is 2.31. The van der Waals surface area contributed by atoms with Gasteiger partial charge in [-0.1, -0.05) is 29.8 Å². The minimum Gasteiger partial charge on any atom is -0.465 e. The molecule has 2 rings (SSSR count). The molecule has 1 heterocycles. The summed E-state index contributed by atoms with van der Waals surface area (Å²) in [4.78, 5) is 25.8. The molecule has 1 aliphatic rings. The molecule has 1 N–H and O–H groups in total. The van der Waals surface area contributed by atoms with Crippen LogP contribution in [0.3, 0.4) is 0 Å². The number of benzene rings is 1. The number of ether oxygens (including phenoxy) is 1. The molecule has 0 aromatic heterocycles. The summed E-state index contributed by atoms with van der Waals surface area (Å²) in [5, 5.41) is 3.19. The molecule has 1 aliphatic heterocycles. The van der Waals surface area contributed by atoms with E-state index in [0.717, 1.165) is 25.1 Å². The zero-order chi connectivity index (χ0) is 15.9. The van der Waals surface area contributed by atoms with Crippen LogP contribution in [0.4, 0.5) is 0 Å². The van der Waals surface area contributed by atoms with Gasteiger partial charge in [-0.15, -0.1) is 0 Å². The van der Waals surface area contributed by atoms with Crippen LogP contribution < -0.4 is 5.32 Å². The zero-order valence-electron chi connectivity index (χ0n) is 13.1. The summed E-state index contributed by atoms with van der Waals surface area (Å²) in [5.41, 5.74) is 1.76. The van der Waals surface area contributed by atoms with Crippen molar-refractivity contribution in [2.45, 2.75) is 20.3 Å². The SMILES string of the molecule is CCOC(=O)CN1CCCN/C1=C\C(=O)c1ccc(C)cc1. The molecule has 1 saturated heterocycles. The molecule has 1 aromatic carbocycles. The lowest BCUT2D eigenvalue weighted by atomic mass is 10.1. The maximum absolute atomic E-state index is 12.3. The molecule has 0 spiro atoms. The number of rotatable bonds is 5. The van der Waals surface area contributed by atoms with Gasteiger partial charge in [-0.3, -0.25) is 9.59 Å². The third-order valence-electron chi connectivity index (χ3n) is 3.48. The van der Waals surface area contributed by atoms with Crippen LogP contribution >= 0.6 is 0 Å². The topological polar surface area (TPSA) is 58.6 Å². The number of aryl methyl sites for hydroxylation is 1. The predicted molar refractivity (Wildman–Crippen MR) is 84.4 cm³/mol. The first-order valence-corrected chi connectivity index (χ1v) is 7.57. The van der Waals surface area contributed by atoms with E-state index in [4.69, 9.17) is 4.74 Å². The van der Waals surface area contributed by atoms with Gasteiger partial charge in [0.05, 0.1) is 6.61 Å². The van der Waals surface area contributed by atoms with Crippen molar-refractivity contribution in [3.8, 4) is 0 Å². The maximum Gasteiger partial charge on any atom is 0.325 e. The standard InChI is InChI=1S/C17H22N2O3/c1-3-22-17(21)12-19-10-4-9-18-16(19)11-15(20)14-7-5-13(2)6-8-14/h5-8,11,18H,3-4,9-10,12H2,1-2H3/b16-11+. The highest BCUT2D eigenvalue weighted by Gasteiger charge is 2.19. The second-order valence-corrected chi connectivity index (χ2v) is 5.27. The molecule has 0 unspecified atom stereocenters. The van der Waals surface area contributed by atoms with Crippen LogP contribution in [-0.2, 0) is 9.53 Å². The molecule has 22 heavy (non-hydrogen) atoms. The average Bonchev–Trinajstić information content (AvgIpc) is 2.50. The summed E-state index contributed by atoms with van der Waals surface area (Å²) in [6.45, 7) is 5.82. The lowest BCUT2D eigenvalue weighted by molar-refractivity contribution is -0.144. The summed E-state index contributed by atoms with van der Waals surface area (Å²) in [6, 6.07) is 7.45. The summed E-state index contributed by atoms with van der Waals surface area (Å²) < 4.78 is 4.98. The first-order chi connectivity index (χ1) is 10.6. The van der Waals surface area contributed by atoms with E-state index in [1.54, 1.807) is 13.0 Å². The Bertz CT molecular complexity index is 564. The fourth-order valence-electron chi connectivity index (χ4n) is 2.31. The molecule has 1 fully saturated rings. The highest BCUT2D eigenvalue weighted by Crippen LogP contribution is 2.11. The average molecular weight is 302 g/mol. The lowest BCUT2D eigenvalue weighted by Crippen LogP contribution is -2.42. The Hall–Kier alpha value is -2.30. The third kappa shape index (κ3) is 4.35. The van der Waals surface area contributed by atoms with Gasteiger partial charge in [0.2, 0.25) is 0 Å². The highest BCUT2D eigenvalue weighted by atomic mass is 16.5. The smallest absolute Gasteiger partial charge is 0.325 e. The number of carbonyl (C=O) groups excluding carboxylic acids is 2. The monoisotopic (exact) mass is 302 g/mol. The number of esters is 1. The number of nitrogens with zero attached hydrogens (tertiary/aromatic N) is 1. The van der Waals surface area contributed by atoms with Gasteiger partial charge in [0.15, 0.2) is 5.78 Å². The molecule has 0 atom stereocenters. The molecular formula is C17H22N2O3. The van der Waals surface area contributed by atoms with Gasteiger partial charge in [0, 0.05) is 24.7 Å². The molecule has 118 valence electrons. The van der Waals surface area contributed by atoms with E-state index < -0.39 is 0 Å². The zero-order valence-corrected chi connectivity index (χ0v) is 13.1. The van der Waals surface area contributed by atoms with Crippen molar-refractivity contribution in [1.82, 2.24) is 10.2 Å². The second-order valence-electron chi connectivity index (χ2n) is 5.27. The highest BCUT2D eigenvalue weighted by molar-refractivity contribution is 6.04. The lowest BCUT2D eigenvalue weighted by Gasteiger charge is -2.31. The predicted octanol–water partition coefficient (Wildman–Crippen LogP) is 1.88. The molecule has 0 bridgehead atoms. The number of carbonyl (C=O) groups is 2. The number of nitrogens with one attached hydrogen (secondary N) is 1. The molecule has 0 amide bonds. The van der Waals surface area contributed by atoms with Crippen LogP contribution in [-0.4, -0.2) is 42.9 Å². The maximum atomic E-state index is 12.3. The summed E-state index contributed by atoms with van der Waals surface area (Å²) in [6.07, 6.45) is 2.48. The molecule has 1 aromatic rings. The van der Waals surface area contributed by atoms with Crippen LogP contribution in [0, 0.1) is 6.92 Å². The number of hydrogen-bond acceptors (Lipinski definition) is 5. The molecule has 0 aliphatic carbocycles. The summed E-state index contributed by atoms with van der Waals surface area (Å²) >= 11 is 0. The molecule has 0 radical (unpaired) electrons. The number of ketones is 1. The normalized spacial score (nSPS) is 16.3. The van der Waals surface area contributed by atoms with E-state index in [9.17, 15) is 9.59 Å². The van der Waals surface area contributed by atoms with E-state index in [0.29, 0.717) is 18.0 Å². The minimum absolute atomic E-state index is 0.0711. The first-order valence-electron chi connectivity index (χ1n) is 7.57. The van der Waals surface area contributed by atoms with Crippen LogP contribution in [0.15, 0.2) is 36.2 Å². The van der Waals surface area contributed by atoms with E-state index in [1.807, 2.05) is 36.1 Å². The van der Waals surface area contributed by atoms with Gasteiger partial charge >= 0.3 is 5.97 Å². The van der Waals surface area contributed by atoms with Crippen molar-refractivity contribution in [2.24, 2.45) is 0 Å². The van der Waals surface area contributed by atoms with Gasteiger partial charge in [-0.2, -0.15) is 0 Å². The van der Waals surface area contributed by atoms with Gasteiger partial charge < -0.3 is 15.0 Å². The largest absolute Gasteiger partial charge is 0.465 e. The number of allylic oxidation sites excluding steroid dienone is 1. The van der Waals surface area contributed by atoms with E-state index in [-0.39, 0.29) is 18.3 Å². The Morgan fingerprint density at radius 3 is 2.73 bits per heavy atom. The van der Waals surface area contributed by atoms with Crippen LogP contribution in [0.25, 0.3) is 0 Å². The van der Waals surface area contributed by atoms with Crippen molar-refractivity contribution in [2.75, 3.05) is 26.2 Å². The Balaban J connectivity index is 2.10. The fraction of sp³-hybridized carbons (Fsp3) is 0.412. The van der Waals surface area contributed by atoms with Crippen molar-refractivity contribution in [1.29, 1.82) is 0 Å². The Morgan fingerprint density at radius 2 is 2.05 bits per heavy atom. The van der Waals surface area contributed by atoms with Crippen LogP contribution in [0.2, 0.25) is 0 Å². The van der Waals surface area contributed by atoms with Crippen molar-refractivity contribution < 1.29 is 14.3 Å². The Kier molecular flexibility index (Phi) is 5.58. The van der Waals surface area contributed by atoms with Crippen LogP contribution in [0.1, 0.15) is 29.3 Å². The van der Waals surface area contributed by atoms with Gasteiger partial charge in [-0.25, -0.2) is 0 Å². The Labute approximate surface area is 130 Å². The van der Waals surface area contributed by atoms with Crippen molar-refractivity contribution in [3.05, 3.63) is 47.3 Å². The molecule has 5 nitrogen and oxygen atoms in total. The first kappa shape index (κ1) is 16.1. The van der Waals surface area contributed by atoms with Crippen LogP contribution in [0.5, 0.6) is 0 Å². The van der Waals surface area contributed by atoms with E-state index in [1.165, 1.54) is 0 Å². The molecular weight excluding hydrogens is 280 g/mol. The van der Waals surface area contributed by atoms with E-state index >= 15 is 0 Å². The van der Waals surface area contributed by atoms with Gasteiger partial charge in [0.25, 0.3) is 0 Å². The third-order valence-corrected chi connectivity index (χ3v) is 3.48. The number of hydrogen-bond donors (Lipinski definition) is 1. The summed E-state index contributed by atoms with van der Waals surface area (Å²) in [5.74, 6) is 0.336. The quantitative estimate of drug-likeness (QED) is 0.511. The summed E-state index contributed by atoms with van der Waals surface area (Å²) in [7, 11) is 0. The molecule has 0 saturated carbocycles. The molecule has 5 heteroatoms. The second kappa shape index (κ2) is 7.64. The van der Waals surface area contributed by atoms with E-state index in [2.05, 4.69) is 5.32 Å². The van der Waals surface area contributed by atoms with Crippen molar-refractivity contribution >= 4 is 11.8 Å². The van der Waals surface area contributed by atoms with Gasteiger partial charge in [0.1, 0.15) is 12.4 Å².